The second-order valence-electron chi connectivity index (χ2n) is 7.16. The number of aryl methyl sites for hydroxylation is 1. The second-order valence-corrected chi connectivity index (χ2v) is 9.09. The highest BCUT2D eigenvalue weighted by Gasteiger charge is 2.50. The fourth-order valence-corrected chi connectivity index (χ4v) is 4.54. The summed E-state index contributed by atoms with van der Waals surface area (Å²) in [4.78, 5) is 4.52. The molecule has 1 aromatic heterocycles. The summed E-state index contributed by atoms with van der Waals surface area (Å²) < 4.78 is 63.6. The van der Waals surface area contributed by atoms with E-state index >= 15 is 0 Å². The molecule has 2 aliphatic rings. The highest BCUT2D eigenvalue weighted by atomic mass is 127. The van der Waals surface area contributed by atoms with Gasteiger partial charge >= 0.3 is 15.5 Å². The minimum absolute atomic E-state index is 0. The van der Waals surface area contributed by atoms with E-state index in [1.54, 1.807) is 0 Å². The third-order valence-corrected chi connectivity index (χ3v) is 6.80. The molecule has 0 saturated carbocycles. The Morgan fingerprint density at radius 1 is 1.20 bits per heavy atom. The van der Waals surface area contributed by atoms with E-state index in [0.29, 0.717) is 42.7 Å². The lowest BCUT2D eigenvalue weighted by Crippen LogP contribution is -2.47. The Morgan fingerprint density at radius 3 is 2.53 bits per heavy atom. The number of piperidine rings is 1. The minimum Gasteiger partial charge on any atom is -0.357 e. The van der Waals surface area contributed by atoms with Crippen LogP contribution in [0.5, 0.6) is 0 Å². The Kier molecular flexibility index (Phi) is 8.73. The maximum absolute atomic E-state index is 12.7. The molecule has 0 aliphatic carbocycles. The predicted octanol–water partition coefficient (Wildman–Crippen LogP) is 1.46. The molecule has 0 aromatic carbocycles. The SMILES string of the molecule is CCNC(=NCc1nnc2n1CCC2)NCC1CCN(S(=O)(=O)C(F)(F)F)CC1.I. The number of fused-ring (bicyclic) bond motifs is 1. The van der Waals surface area contributed by atoms with Crippen molar-refractivity contribution in [2.24, 2.45) is 10.9 Å². The number of alkyl halides is 3. The molecule has 0 spiro atoms. The minimum atomic E-state index is -5.25. The summed E-state index contributed by atoms with van der Waals surface area (Å²) in [5, 5.41) is 14.6. The topological polar surface area (TPSA) is 105 Å². The number of nitrogens with zero attached hydrogens (tertiary/aromatic N) is 5. The molecule has 9 nitrogen and oxygen atoms in total. The number of aromatic nitrogens is 3. The molecule has 0 amide bonds. The predicted molar refractivity (Wildman–Crippen MR) is 116 cm³/mol. The van der Waals surface area contributed by atoms with E-state index in [2.05, 4.69) is 30.4 Å². The van der Waals surface area contributed by atoms with Gasteiger partial charge in [0, 0.05) is 39.1 Å². The van der Waals surface area contributed by atoms with Crippen LogP contribution in [0.3, 0.4) is 0 Å². The summed E-state index contributed by atoms with van der Waals surface area (Å²) >= 11 is 0. The van der Waals surface area contributed by atoms with Gasteiger partial charge in [-0.1, -0.05) is 0 Å². The van der Waals surface area contributed by atoms with Crippen molar-refractivity contribution in [1.82, 2.24) is 29.7 Å². The van der Waals surface area contributed by atoms with Crippen molar-refractivity contribution >= 4 is 40.0 Å². The summed E-state index contributed by atoms with van der Waals surface area (Å²) in [5.41, 5.74) is -5.25. The molecule has 3 heterocycles. The molecule has 1 fully saturated rings. The molecule has 30 heavy (non-hydrogen) atoms. The highest BCUT2D eigenvalue weighted by Crippen LogP contribution is 2.30. The first kappa shape index (κ1) is 25.1. The van der Waals surface area contributed by atoms with E-state index in [-0.39, 0.29) is 43.0 Å². The van der Waals surface area contributed by atoms with E-state index in [1.807, 2.05) is 6.92 Å². The van der Waals surface area contributed by atoms with Gasteiger partial charge in [0.2, 0.25) is 0 Å². The van der Waals surface area contributed by atoms with Crippen molar-refractivity contribution in [1.29, 1.82) is 0 Å². The van der Waals surface area contributed by atoms with Gasteiger partial charge in [0.1, 0.15) is 12.4 Å². The first-order valence-corrected chi connectivity index (χ1v) is 11.2. The molecule has 2 aliphatic heterocycles. The molecule has 0 radical (unpaired) electrons. The van der Waals surface area contributed by atoms with Gasteiger partial charge in [-0.05, 0) is 32.1 Å². The van der Waals surface area contributed by atoms with Crippen molar-refractivity contribution in [2.45, 2.75) is 51.2 Å². The van der Waals surface area contributed by atoms with Crippen LogP contribution in [0.25, 0.3) is 0 Å². The molecule has 0 unspecified atom stereocenters. The van der Waals surface area contributed by atoms with Gasteiger partial charge in [0.05, 0.1) is 0 Å². The largest absolute Gasteiger partial charge is 0.511 e. The van der Waals surface area contributed by atoms with E-state index in [4.69, 9.17) is 0 Å². The van der Waals surface area contributed by atoms with Gasteiger partial charge in [-0.25, -0.2) is 13.4 Å². The quantitative estimate of drug-likeness (QED) is 0.308. The molecule has 3 rings (SSSR count). The van der Waals surface area contributed by atoms with Crippen LogP contribution in [0, 0.1) is 5.92 Å². The zero-order valence-electron chi connectivity index (χ0n) is 16.7. The third kappa shape index (κ3) is 5.75. The number of sulfonamides is 1. The lowest BCUT2D eigenvalue weighted by atomic mass is 9.98. The van der Waals surface area contributed by atoms with Gasteiger partial charge in [0.15, 0.2) is 11.8 Å². The zero-order valence-corrected chi connectivity index (χ0v) is 19.8. The summed E-state index contributed by atoms with van der Waals surface area (Å²) in [6, 6.07) is 0. The first-order chi connectivity index (χ1) is 13.7. The normalized spacial score (nSPS) is 18.7. The van der Waals surface area contributed by atoms with E-state index in [9.17, 15) is 21.6 Å². The lowest BCUT2D eigenvalue weighted by Gasteiger charge is -2.31. The maximum Gasteiger partial charge on any atom is 0.511 e. The van der Waals surface area contributed by atoms with Crippen LogP contribution in [-0.2, 0) is 29.5 Å². The Morgan fingerprint density at radius 2 is 1.90 bits per heavy atom. The van der Waals surface area contributed by atoms with Crippen molar-refractivity contribution in [3.63, 3.8) is 0 Å². The molecule has 2 N–H and O–H groups in total. The maximum atomic E-state index is 12.7. The number of hydrogen-bond donors (Lipinski definition) is 2. The average Bonchev–Trinajstić information content (AvgIpc) is 3.28. The second kappa shape index (κ2) is 10.4. The van der Waals surface area contributed by atoms with Gasteiger partial charge in [0.25, 0.3) is 0 Å². The van der Waals surface area contributed by atoms with Crippen LogP contribution in [0.1, 0.15) is 37.8 Å². The van der Waals surface area contributed by atoms with Gasteiger partial charge < -0.3 is 15.2 Å². The summed E-state index contributed by atoms with van der Waals surface area (Å²) in [6.07, 6.45) is 2.71. The van der Waals surface area contributed by atoms with Gasteiger partial charge in [-0.3, -0.25) is 0 Å². The van der Waals surface area contributed by atoms with E-state index < -0.39 is 15.5 Å². The van der Waals surface area contributed by atoms with Crippen molar-refractivity contribution < 1.29 is 21.6 Å². The van der Waals surface area contributed by atoms with Crippen LogP contribution >= 0.6 is 24.0 Å². The standard InChI is InChI=1S/C16H26F3N7O2S.HI/c1-2-20-15(22-11-14-24-23-13-4-3-7-26(13)14)21-10-12-5-8-25(9-6-12)29(27,28)16(17,18)19;/h12H,2-11H2,1H3,(H2,20,21,22);1H. The smallest absolute Gasteiger partial charge is 0.357 e. The number of guanidine groups is 1. The molecular formula is C16H27F3IN7O2S. The lowest BCUT2D eigenvalue weighted by molar-refractivity contribution is -0.0496. The molecule has 0 atom stereocenters. The van der Waals surface area contributed by atoms with Crippen LogP contribution in [0.4, 0.5) is 13.2 Å². The Balaban J connectivity index is 0.00000320. The Bertz CT molecular complexity index is 836. The highest BCUT2D eigenvalue weighted by molar-refractivity contribution is 14.0. The molecule has 0 bridgehead atoms. The Hall–Kier alpha value is -1.16. The number of rotatable bonds is 6. The van der Waals surface area contributed by atoms with E-state index in [0.717, 1.165) is 31.0 Å². The van der Waals surface area contributed by atoms with Crippen molar-refractivity contribution in [2.75, 3.05) is 26.2 Å². The van der Waals surface area contributed by atoms with Crippen LogP contribution < -0.4 is 10.6 Å². The Labute approximate surface area is 191 Å². The zero-order chi connectivity index (χ0) is 21.1. The number of nitrogens with one attached hydrogen (secondary N) is 2. The third-order valence-electron chi connectivity index (χ3n) is 5.17. The fourth-order valence-electron chi connectivity index (χ4n) is 3.56. The van der Waals surface area contributed by atoms with Gasteiger partial charge in [-0.15, -0.1) is 34.2 Å². The molecule has 1 saturated heterocycles. The monoisotopic (exact) mass is 565 g/mol. The fraction of sp³-hybridized carbons (Fsp3) is 0.812. The molecule has 1 aromatic rings. The summed E-state index contributed by atoms with van der Waals surface area (Å²) in [6.45, 7) is 4.12. The number of hydrogen-bond acceptors (Lipinski definition) is 5. The van der Waals surface area contributed by atoms with Crippen LogP contribution in [0.2, 0.25) is 0 Å². The molecular weight excluding hydrogens is 538 g/mol. The van der Waals surface area contributed by atoms with E-state index in [1.165, 1.54) is 0 Å². The number of aliphatic imine (C=N–C) groups is 1. The van der Waals surface area contributed by atoms with Gasteiger partial charge in [-0.2, -0.15) is 17.5 Å². The molecule has 14 heteroatoms. The number of halogens is 4. The first-order valence-electron chi connectivity index (χ1n) is 9.72. The molecule has 172 valence electrons. The summed E-state index contributed by atoms with van der Waals surface area (Å²) in [5.74, 6) is 2.44. The van der Waals surface area contributed by atoms with Crippen molar-refractivity contribution in [3.8, 4) is 0 Å². The average molecular weight is 565 g/mol. The summed E-state index contributed by atoms with van der Waals surface area (Å²) in [7, 11) is -5.24. The van der Waals surface area contributed by atoms with Crippen molar-refractivity contribution in [3.05, 3.63) is 11.6 Å². The van der Waals surface area contributed by atoms with Crippen LogP contribution in [-0.4, -0.2) is 65.1 Å². The van der Waals surface area contributed by atoms with Crippen LogP contribution in [0.15, 0.2) is 4.99 Å².